The molecule has 1 aromatic carbocycles. The predicted octanol–water partition coefficient (Wildman–Crippen LogP) is 3.13. The molecule has 0 aromatic heterocycles. The van der Waals surface area contributed by atoms with Crippen LogP contribution in [-0.2, 0) is 6.54 Å². The first-order valence-corrected chi connectivity index (χ1v) is 9.02. The molecule has 3 aliphatic rings. The van der Waals surface area contributed by atoms with Crippen LogP contribution in [0.4, 0.5) is 0 Å². The van der Waals surface area contributed by atoms with E-state index in [0.29, 0.717) is 12.2 Å². The molecule has 1 aromatic rings. The Morgan fingerprint density at radius 3 is 2.91 bits per heavy atom. The van der Waals surface area contributed by atoms with Crippen molar-refractivity contribution in [1.29, 1.82) is 0 Å². The standard InChI is InChI=1S/C17H22BrN3O2/c1-19-16(21-6-5-17(10-21)3-2-4-17)20-9-12-7-13(18)15-14(8-12)22-11-23-15/h7-8H,2-6,9-11H2,1H3,(H,19,20). The monoisotopic (exact) mass is 379 g/mol. The highest BCUT2D eigenvalue weighted by molar-refractivity contribution is 9.10. The largest absolute Gasteiger partial charge is 0.454 e. The molecule has 1 spiro atoms. The number of aliphatic imine (C=N–C) groups is 1. The fraction of sp³-hybridized carbons (Fsp3) is 0.588. The number of fused-ring (bicyclic) bond motifs is 1. The van der Waals surface area contributed by atoms with Crippen molar-refractivity contribution in [1.82, 2.24) is 10.2 Å². The van der Waals surface area contributed by atoms with Crippen molar-refractivity contribution in [3.63, 3.8) is 0 Å². The maximum absolute atomic E-state index is 5.48. The summed E-state index contributed by atoms with van der Waals surface area (Å²) in [6, 6.07) is 4.11. The van der Waals surface area contributed by atoms with Gasteiger partial charge < -0.3 is 19.7 Å². The first-order valence-electron chi connectivity index (χ1n) is 8.23. The van der Waals surface area contributed by atoms with Gasteiger partial charge in [-0.15, -0.1) is 0 Å². The molecule has 0 atom stereocenters. The Bertz CT molecular complexity index is 643. The van der Waals surface area contributed by atoms with Gasteiger partial charge in [0.2, 0.25) is 6.79 Å². The van der Waals surface area contributed by atoms with Gasteiger partial charge in [0.05, 0.1) is 4.47 Å². The SMILES string of the molecule is CN=C(NCc1cc(Br)c2c(c1)OCO2)N1CCC2(CCC2)C1. The molecule has 2 fully saturated rings. The minimum Gasteiger partial charge on any atom is -0.454 e. The number of ether oxygens (including phenoxy) is 2. The Hall–Kier alpha value is -1.43. The molecular weight excluding hydrogens is 358 g/mol. The van der Waals surface area contributed by atoms with Gasteiger partial charge in [-0.05, 0) is 58.3 Å². The van der Waals surface area contributed by atoms with E-state index >= 15 is 0 Å². The molecule has 1 N–H and O–H groups in total. The topological polar surface area (TPSA) is 46.1 Å². The van der Waals surface area contributed by atoms with Crippen LogP contribution in [0, 0.1) is 5.41 Å². The van der Waals surface area contributed by atoms with E-state index in [0.717, 1.165) is 47.1 Å². The number of rotatable bonds is 2. The van der Waals surface area contributed by atoms with E-state index in [1.54, 1.807) is 0 Å². The van der Waals surface area contributed by atoms with Crippen LogP contribution in [0.2, 0.25) is 0 Å². The van der Waals surface area contributed by atoms with E-state index in [1.165, 1.54) is 25.7 Å². The average molecular weight is 380 g/mol. The first kappa shape index (κ1) is 15.1. The number of hydrogen-bond donors (Lipinski definition) is 1. The molecule has 0 radical (unpaired) electrons. The number of halogens is 1. The lowest BCUT2D eigenvalue weighted by molar-refractivity contribution is 0.151. The van der Waals surface area contributed by atoms with Crippen molar-refractivity contribution >= 4 is 21.9 Å². The molecule has 1 aliphatic carbocycles. The molecule has 124 valence electrons. The maximum atomic E-state index is 5.48. The molecule has 1 saturated carbocycles. The zero-order valence-corrected chi connectivity index (χ0v) is 15.0. The second-order valence-corrected chi connectivity index (χ2v) is 7.59. The molecule has 0 amide bonds. The molecule has 1 saturated heterocycles. The Balaban J connectivity index is 1.41. The van der Waals surface area contributed by atoms with E-state index in [1.807, 2.05) is 13.1 Å². The van der Waals surface area contributed by atoms with Crippen molar-refractivity contribution in [2.75, 3.05) is 26.9 Å². The Morgan fingerprint density at radius 2 is 2.22 bits per heavy atom. The number of guanidine groups is 1. The smallest absolute Gasteiger partial charge is 0.231 e. The first-order chi connectivity index (χ1) is 11.2. The van der Waals surface area contributed by atoms with Gasteiger partial charge in [-0.25, -0.2) is 0 Å². The highest BCUT2D eigenvalue weighted by atomic mass is 79.9. The van der Waals surface area contributed by atoms with Gasteiger partial charge >= 0.3 is 0 Å². The summed E-state index contributed by atoms with van der Waals surface area (Å²) in [4.78, 5) is 6.87. The molecule has 4 rings (SSSR count). The van der Waals surface area contributed by atoms with Gasteiger partial charge in [0.25, 0.3) is 0 Å². The second-order valence-electron chi connectivity index (χ2n) is 6.74. The summed E-state index contributed by atoms with van der Waals surface area (Å²) in [5.41, 5.74) is 1.74. The molecule has 23 heavy (non-hydrogen) atoms. The third-order valence-corrected chi connectivity index (χ3v) is 5.89. The van der Waals surface area contributed by atoms with E-state index < -0.39 is 0 Å². The lowest BCUT2D eigenvalue weighted by atomic mass is 9.68. The van der Waals surface area contributed by atoms with Crippen LogP contribution in [0.3, 0.4) is 0 Å². The summed E-state index contributed by atoms with van der Waals surface area (Å²) in [6.45, 7) is 3.29. The van der Waals surface area contributed by atoms with Gasteiger partial charge in [-0.2, -0.15) is 0 Å². The van der Waals surface area contributed by atoms with Crippen LogP contribution in [0.5, 0.6) is 11.5 Å². The normalized spacial score (nSPS) is 21.7. The van der Waals surface area contributed by atoms with Crippen molar-refractivity contribution in [2.24, 2.45) is 10.4 Å². The van der Waals surface area contributed by atoms with Crippen LogP contribution in [0.25, 0.3) is 0 Å². The van der Waals surface area contributed by atoms with E-state index in [9.17, 15) is 0 Å². The summed E-state index contributed by atoms with van der Waals surface area (Å²) in [5, 5.41) is 3.49. The lowest BCUT2D eigenvalue weighted by Crippen LogP contribution is -2.42. The quantitative estimate of drug-likeness (QED) is 0.633. The van der Waals surface area contributed by atoms with Gasteiger partial charge in [0, 0.05) is 26.7 Å². The van der Waals surface area contributed by atoms with E-state index in [-0.39, 0.29) is 0 Å². The van der Waals surface area contributed by atoms with Crippen molar-refractivity contribution in [3.05, 3.63) is 22.2 Å². The highest BCUT2D eigenvalue weighted by Crippen LogP contribution is 2.48. The highest BCUT2D eigenvalue weighted by Gasteiger charge is 2.43. The van der Waals surface area contributed by atoms with Crippen LogP contribution in [-0.4, -0.2) is 37.8 Å². The van der Waals surface area contributed by atoms with E-state index in [2.05, 4.69) is 37.2 Å². The zero-order chi connectivity index (χ0) is 15.9. The summed E-state index contributed by atoms with van der Waals surface area (Å²) < 4.78 is 11.9. The van der Waals surface area contributed by atoms with Gasteiger partial charge in [-0.1, -0.05) is 6.42 Å². The molecule has 0 unspecified atom stereocenters. The fourth-order valence-electron chi connectivity index (χ4n) is 3.84. The summed E-state index contributed by atoms with van der Waals surface area (Å²) in [6.07, 6.45) is 5.47. The molecule has 2 heterocycles. The number of nitrogens with one attached hydrogen (secondary N) is 1. The van der Waals surface area contributed by atoms with Crippen molar-refractivity contribution in [2.45, 2.75) is 32.2 Å². The van der Waals surface area contributed by atoms with Gasteiger partial charge in [0.15, 0.2) is 17.5 Å². The number of nitrogens with zero attached hydrogens (tertiary/aromatic N) is 2. The molecule has 2 aliphatic heterocycles. The minimum atomic E-state index is 0.294. The zero-order valence-electron chi connectivity index (χ0n) is 13.4. The maximum Gasteiger partial charge on any atom is 0.231 e. The third-order valence-electron chi connectivity index (χ3n) is 5.30. The summed E-state index contributed by atoms with van der Waals surface area (Å²) >= 11 is 3.55. The summed E-state index contributed by atoms with van der Waals surface area (Å²) in [7, 11) is 1.86. The molecule has 5 nitrogen and oxygen atoms in total. The van der Waals surface area contributed by atoms with Crippen molar-refractivity contribution in [3.8, 4) is 11.5 Å². The van der Waals surface area contributed by atoms with Gasteiger partial charge in [-0.3, -0.25) is 4.99 Å². The molecule has 6 heteroatoms. The fourth-order valence-corrected chi connectivity index (χ4v) is 4.44. The Kier molecular flexibility index (Phi) is 3.87. The third kappa shape index (κ3) is 2.77. The van der Waals surface area contributed by atoms with Crippen LogP contribution >= 0.6 is 15.9 Å². The molecule has 0 bridgehead atoms. The number of hydrogen-bond acceptors (Lipinski definition) is 3. The van der Waals surface area contributed by atoms with Crippen LogP contribution < -0.4 is 14.8 Å². The Labute approximate surface area is 145 Å². The predicted molar refractivity (Wildman–Crippen MR) is 92.9 cm³/mol. The van der Waals surface area contributed by atoms with E-state index in [4.69, 9.17) is 9.47 Å². The van der Waals surface area contributed by atoms with Gasteiger partial charge in [0.1, 0.15) is 0 Å². The number of likely N-dealkylation sites (tertiary alicyclic amines) is 1. The Morgan fingerprint density at radius 1 is 1.35 bits per heavy atom. The summed E-state index contributed by atoms with van der Waals surface area (Å²) in [5.74, 6) is 2.60. The van der Waals surface area contributed by atoms with Crippen molar-refractivity contribution < 1.29 is 9.47 Å². The average Bonchev–Trinajstić information content (AvgIpc) is 3.14. The van der Waals surface area contributed by atoms with Crippen LogP contribution in [0.1, 0.15) is 31.2 Å². The lowest BCUT2D eigenvalue weighted by Gasteiger charge is -2.38. The molecular formula is C17H22BrN3O2. The second kappa shape index (κ2) is 5.89. The number of benzene rings is 1. The van der Waals surface area contributed by atoms with Crippen LogP contribution in [0.15, 0.2) is 21.6 Å². The minimum absolute atomic E-state index is 0.294.